The van der Waals surface area contributed by atoms with Crippen LogP contribution in [0.3, 0.4) is 0 Å². The van der Waals surface area contributed by atoms with Crippen LogP contribution in [0.4, 0.5) is 5.95 Å². The molecule has 6 heteroatoms. The van der Waals surface area contributed by atoms with Gasteiger partial charge in [0.2, 0.25) is 5.95 Å². The average Bonchev–Trinajstić information content (AvgIpc) is 2.78. The Morgan fingerprint density at radius 3 is 2.73 bits per heavy atom. The van der Waals surface area contributed by atoms with Crippen LogP contribution in [0.25, 0.3) is 22.2 Å². The molecule has 6 nitrogen and oxygen atoms in total. The Morgan fingerprint density at radius 2 is 1.87 bits per heavy atom. The maximum Gasteiger partial charge on any atom is 0.225 e. The van der Waals surface area contributed by atoms with E-state index in [9.17, 15) is 4.79 Å². The minimum Gasteiger partial charge on any atom is -0.339 e. The third-order valence-electron chi connectivity index (χ3n) is 5.53. The highest BCUT2D eigenvalue weighted by atomic mass is 16.1. The first-order valence-corrected chi connectivity index (χ1v) is 10.1. The molecule has 0 atom stereocenters. The number of carbonyl (C=O) groups excluding carboxylic acids is 1. The van der Waals surface area contributed by atoms with Crippen LogP contribution in [0.1, 0.15) is 35.3 Å². The van der Waals surface area contributed by atoms with Gasteiger partial charge in [0.25, 0.3) is 0 Å². The van der Waals surface area contributed by atoms with E-state index < -0.39 is 0 Å². The molecule has 1 aliphatic heterocycles. The standard InChI is InChI=1S/C24H21N5O/c1-2-21(30)16-7-5-8-17(12-16)22-23(26-11-10-25-22)19-14-29(15-19)24-27-13-18-6-3-4-9-20(18)28-24/h3-13,19H,2,14-15H2,1H3. The summed E-state index contributed by atoms with van der Waals surface area (Å²) in [5.74, 6) is 1.12. The van der Waals surface area contributed by atoms with Crippen molar-refractivity contribution in [1.29, 1.82) is 0 Å². The average molecular weight is 395 g/mol. The van der Waals surface area contributed by atoms with Gasteiger partial charge in [0, 0.05) is 60.5 Å². The zero-order valence-corrected chi connectivity index (χ0v) is 16.7. The molecule has 0 saturated carbocycles. The highest BCUT2D eigenvalue weighted by Gasteiger charge is 2.33. The number of nitrogens with zero attached hydrogens (tertiary/aromatic N) is 5. The Bertz CT molecular complexity index is 1230. The van der Waals surface area contributed by atoms with E-state index in [1.807, 2.05) is 61.7 Å². The molecule has 0 aliphatic carbocycles. The van der Waals surface area contributed by atoms with Crippen LogP contribution >= 0.6 is 0 Å². The van der Waals surface area contributed by atoms with Gasteiger partial charge in [-0.05, 0) is 12.1 Å². The maximum absolute atomic E-state index is 12.1. The first-order valence-electron chi connectivity index (χ1n) is 10.1. The fraction of sp³-hybridized carbons (Fsp3) is 0.208. The molecule has 0 bridgehead atoms. The number of benzene rings is 2. The zero-order valence-electron chi connectivity index (χ0n) is 16.7. The van der Waals surface area contributed by atoms with Gasteiger partial charge < -0.3 is 4.90 Å². The van der Waals surface area contributed by atoms with Crippen LogP contribution in [0.2, 0.25) is 0 Å². The van der Waals surface area contributed by atoms with Gasteiger partial charge in [-0.25, -0.2) is 9.97 Å². The molecule has 0 radical (unpaired) electrons. The Kier molecular flexibility index (Phi) is 4.67. The van der Waals surface area contributed by atoms with E-state index in [2.05, 4.69) is 24.8 Å². The van der Waals surface area contributed by atoms with Gasteiger partial charge in [-0.3, -0.25) is 14.8 Å². The first kappa shape index (κ1) is 18.4. The first-order chi connectivity index (χ1) is 14.7. The molecule has 2 aromatic carbocycles. The lowest BCUT2D eigenvalue weighted by Gasteiger charge is -2.39. The van der Waals surface area contributed by atoms with Crippen LogP contribution in [0.5, 0.6) is 0 Å². The van der Waals surface area contributed by atoms with Crippen molar-refractivity contribution < 1.29 is 4.79 Å². The minimum absolute atomic E-state index is 0.130. The molecule has 0 unspecified atom stereocenters. The molecule has 2 aromatic heterocycles. The summed E-state index contributed by atoms with van der Waals surface area (Å²) < 4.78 is 0. The number of Topliss-reactive ketones (excluding diaryl/α,β-unsaturated/α-hetero) is 1. The fourth-order valence-corrected chi connectivity index (χ4v) is 3.84. The summed E-state index contributed by atoms with van der Waals surface area (Å²) in [5.41, 5.74) is 4.38. The molecule has 1 fully saturated rings. The largest absolute Gasteiger partial charge is 0.339 e. The van der Waals surface area contributed by atoms with Crippen molar-refractivity contribution in [2.45, 2.75) is 19.3 Å². The third kappa shape index (κ3) is 3.30. The van der Waals surface area contributed by atoms with Crippen LogP contribution < -0.4 is 4.90 Å². The van der Waals surface area contributed by atoms with Crippen molar-refractivity contribution in [3.8, 4) is 11.3 Å². The van der Waals surface area contributed by atoms with Gasteiger partial charge in [0.05, 0.1) is 16.9 Å². The molecule has 1 aliphatic rings. The van der Waals surface area contributed by atoms with E-state index in [0.29, 0.717) is 12.0 Å². The quantitative estimate of drug-likeness (QED) is 0.470. The SMILES string of the molecule is CCC(=O)c1cccc(-c2nccnc2C2CN(c3ncc4ccccc4n3)C2)c1. The molecule has 148 valence electrons. The molecule has 30 heavy (non-hydrogen) atoms. The summed E-state index contributed by atoms with van der Waals surface area (Å²) in [7, 11) is 0. The van der Waals surface area contributed by atoms with Crippen LogP contribution in [0, 0.1) is 0 Å². The second-order valence-electron chi connectivity index (χ2n) is 7.48. The second kappa shape index (κ2) is 7.63. The van der Waals surface area contributed by atoms with Crippen molar-refractivity contribution in [2.24, 2.45) is 0 Å². The fourth-order valence-electron chi connectivity index (χ4n) is 3.84. The lowest BCUT2D eigenvalue weighted by molar-refractivity contribution is 0.0988. The number of fused-ring (bicyclic) bond motifs is 1. The number of rotatable bonds is 5. The number of carbonyl (C=O) groups is 1. The molecule has 5 rings (SSSR count). The van der Waals surface area contributed by atoms with Crippen molar-refractivity contribution in [3.05, 3.63) is 78.4 Å². The smallest absolute Gasteiger partial charge is 0.225 e. The van der Waals surface area contributed by atoms with Crippen LogP contribution in [-0.2, 0) is 0 Å². The van der Waals surface area contributed by atoms with Crippen molar-refractivity contribution in [3.63, 3.8) is 0 Å². The number of ketones is 1. The molecular formula is C24H21N5O. The van der Waals surface area contributed by atoms with Crippen molar-refractivity contribution in [1.82, 2.24) is 19.9 Å². The number of para-hydroxylation sites is 1. The lowest BCUT2D eigenvalue weighted by Crippen LogP contribution is -2.46. The van der Waals surface area contributed by atoms with Gasteiger partial charge in [-0.1, -0.05) is 43.3 Å². The maximum atomic E-state index is 12.1. The molecule has 1 saturated heterocycles. The lowest BCUT2D eigenvalue weighted by atomic mass is 9.92. The molecule has 4 aromatic rings. The van der Waals surface area contributed by atoms with Gasteiger partial charge in [-0.2, -0.15) is 0 Å². The third-order valence-corrected chi connectivity index (χ3v) is 5.53. The monoisotopic (exact) mass is 395 g/mol. The molecule has 3 heterocycles. The van der Waals surface area contributed by atoms with E-state index >= 15 is 0 Å². The zero-order chi connectivity index (χ0) is 20.5. The summed E-state index contributed by atoms with van der Waals surface area (Å²) >= 11 is 0. The number of hydrogen-bond acceptors (Lipinski definition) is 6. The summed E-state index contributed by atoms with van der Waals surface area (Å²) in [6, 6.07) is 15.7. The summed E-state index contributed by atoms with van der Waals surface area (Å²) in [4.78, 5) is 32.7. The molecule has 0 N–H and O–H groups in total. The predicted molar refractivity (Wildman–Crippen MR) is 117 cm³/mol. The van der Waals surface area contributed by atoms with E-state index in [4.69, 9.17) is 0 Å². The van der Waals surface area contributed by atoms with E-state index in [-0.39, 0.29) is 11.7 Å². The van der Waals surface area contributed by atoms with E-state index in [1.54, 1.807) is 12.4 Å². The number of hydrogen-bond donors (Lipinski definition) is 0. The van der Waals surface area contributed by atoms with Crippen molar-refractivity contribution in [2.75, 3.05) is 18.0 Å². The number of aromatic nitrogens is 4. The van der Waals surface area contributed by atoms with Gasteiger partial charge in [0.15, 0.2) is 5.78 Å². The highest BCUT2D eigenvalue weighted by Crippen LogP contribution is 2.34. The minimum atomic E-state index is 0.130. The Balaban J connectivity index is 1.40. The van der Waals surface area contributed by atoms with Crippen LogP contribution in [0.15, 0.2) is 67.1 Å². The predicted octanol–water partition coefficient (Wildman–Crippen LogP) is 4.28. The normalized spacial score (nSPS) is 14.0. The second-order valence-corrected chi connectivity index (χ2v) is 7.48. The summed E-state index contributed by atoms with van der Waals surface area (Å²) in [6.07, 6.45) is 5.79. The van der Waals surface area contributed by atoms with Gasteiger partial charge in [0.1, 0.15) is 0 Å². The molecule has 0 spiro atoms. The topological polar surface area (TPSA) is 71.9 Å². The van der Waals surface area contributed by atoms with E-state index in [1.165, 1.54) is 0 Å². The Hall–Kier alpha value is -3.67. The van der Waals surface area contributed by atoms with Crippen LogP contribution in [-0.4, -0.2) is 38.8 Å². The Morgan fingerprint density at radius 1 is 1.03 bits per heavy atom. The molecule has 0 amide bonds. The van der Waals surface area contributed by atoms with E-state index in [0.717, 1.165) is 46.9 Å². The molecular weight excluding hydrogens is 374 g/mol. The highest BCUT2D eigenvalue weighted by molar-refractivity contribution is 5.97. The summed E-state index contributed by atoms with van der Waals surface area (Å²) in [6.45, 7) is 3.45. The van der Waals surface area contributed by atoms with Crippen molar-refractivity contribution >= 4 is 22.6 Å². The number of anilines is 1. The van der Waals surface area contributed by atoms with Gasteiger partial charge in [-0.15, -0.1) is 0 Å². The summed E-state index contributed by atoms with van der Waals surface area (Å²) in [5, 5.41) is 1.04. The van der Waals surface area contributed by atoms with Gasteiger partial charge >= 0.3 is 0 Å². The Labute approximate surface area is 174 Å².